The highest BCUT2D eigenvalue weighted by Gasteiger charge is 2.21. The van der Waals surface area contributed by atoms with E-state index in [1.165, 1.54) is 11.1 Å². The summed E-state index contributed by atoms with van der Waals surface area (Å²) in [6.45, 7) is 5.51. The molecule has 104 valence electrons. The van der Waals surface area contributed by atoms with Crippen LogP contribution in [0.15, 0.2) is 24.3 Å². The topological polar surface area (TPSA) is 52.6 Å². The van der Waals surface area contributed by atoms with Crippen LogP contribution in [0, 0.1) is 0 Å². The van der Waals surface area contributed by atoms with Gasteiger partial charge in [0.1, 0.15) is 6.04 Å². The molecule has 0 saturated carbocycles. The summed E-state index contributed by atoms with van der Waals surface area (Å²) in [7, 11) is 0. The van der Waals surface area contributed by atoms with Gasteiger partial charge in [-0.05, 0) is 30.5 Å². The number of nitrogens with one attached hydrogen (secondary N) is 1. The number of carboxylic acids is 1. The van der Waals surface area contributed by atoms with Crippen molar-refractivity contribution in [3.8, 4) is 0 Å². The Kier molecular flexibility index (Phi) is 4.93. The van der Waals surface area contributed by atoms with Gasteiger partial charge < -0.3 is 10.4 Å². The maximum absolute atomic E-state index is 11.1. The minimum atomic E-state index is -0.745. The van der Waals surface area contributed by atoms with Crippen LogP contribution in [0.2, 0.25) is 0 Å². The molecule has 1 aromatic carbocycles. The summed E-state index contributed by atoms with van der Waals surface area (Å²) in [6.07, 6.45) is 1.61. The fourth-order valence-corrected chi connectivity index (χ4v) is 2.50. The predicted molar refractivity (Wildman–Crippen MR) is 74.9 cm³/mol. The molecule has 19 heavy (non-hydrogen) atoms. The van der Waals surface area contributed by atoms with Crippen LogP contribution in [0.5, 0.6) is 0 Å². The lowest BCUT2D eigenvalue weighted by Gasteiger charge is -2.19. The van der Waals surface area contributed by atoms with Gasteiger partial charge in [-0.15, -0.1) is 0 Å². The highest BCUT2D eigenvalue weighted by atomic mass is 16.4. The second kappa shape index (κ2) is 6.68. The van der Waals surface area contributed by atoms with Crippen molar-refractivity contribution in [1.29, 1.82) is 0 Å². The minimum absolute atomic E-state index is 0.427. The maximum atomic E-state index is 11.1. The van der Waals surface area contributed by atoms with E-state index in [4.69, 9.17) is 5.11 Å². The first-order chi connectivity index (χ1) is 9.20. The molecule has 1 heterocycles. The quantitative estimate of drug-likeness (QED) is 0.787. The lowest BCUT2D eigenvalue weighted by Crippen LogP contribution is -2.39. The molecule has 0 aliphatic carbocycles. The summed E-state index contributed by atoms with van der Waals surface area (Å²) in [4.78, 5) is 13.5. The second-order valence-corrected chi connectivity index (χ2v) is 5.11. The average Bonchev–Trinajstić information content (AvgIpc) is 2.81. The molecule has 1 aliphatic rings. The van der Waals surface area contributed by atoms with Crippen LogP contribution in [0.4, 0.5) is 0 Å². The SMILES string of the molecule is CCCNC(CCN1Cc2ccccc2C1)C(=O)O. The molecule has 0 saturated heterocycles. The molecule has 1 aliphatic heterocycles. The number of carbonyl (C=O) groups is 1. The van der Waals surface area contributed by atoms with Crippen molar-refractivity contribution in [2.45, 2.75) is 38.9 Å². The number of hydrogen-bond acceptors (Lipinski definition) is 3. The van der Waals surface area contributed by atoms with Crippen molar-refractivity contribution < 1.29 is 9.90 Å². The van der Waals surface area contributed by atoms with Gasteiger partial charge in [0.15, 0.2) is 0 Å². The number of nitrogens with zero attached hydrogens (tertiary/aromatic N) is 1. The molecule has 0 radical (unpaired) electrons. The Hall–Kier alpha value is -1.39. The fourth-order valence-electron chi connectivity index (χ4n) is 2.50. The van der Waals surface area contributed by atoms with Gasteiger partial charge in [-0.25, -0.2) is 0 Å². The fraction of sp³-hybridized carbons (Fsp3) is 0.533. The molecule has 0 aromatic heterocycles. The lowest BCUT2D eigenvalue weighted by atomic mass is 10.1. The second-order valence-electron chi connectivity index (χ2n) is 5.11. The van der Waals surface area contributed by atoms with Gasteiger partial charge in [-0.1, -0.05) is 31.2 Å². The Morgan fingerprint density at radius 1 is 1.37 bits per heavy atom. The highest BCUT2D eigenvalue weighted by Crippen LogP contribution is 2.22. The Balaban J connectivity index is 1.81. The summed E-state index contributed by atoms with van der Waals surface area (Å²) in [5.74, 6) is -0.745. The number of hydrogen-bond donors (Lipinski definition) is 2. The van der Waals surface area contributed by atoms with Crippen molar-refractivity contribution in [2.75, 3.05) is 13.1 Å². The predicted octanol–water partition coefficient (Wildman–Crippen LogP) is 1.85. The van der Waals surface area contributed by atoms with Crippen LogP contribution < -0.4 is 5.32 Å². The number of benzene rings is 1. The van der Waals surface area contributed by atoms with Gasteiger partial charge in [-0.2, -0.15) is 0 Å². The maximum Gasteiger partial charge on any atom is 0.320 e. The first-order valence-electron chi connectivity index (χ1n) is 6.96. The molecular weight excluding hydrogens is 240 g/mol. The number of rotatable bonds is 7. The summed E-state index contributed by atoms with van der Waals surface area (Å²) in [5.41, 5.74) is 2.74. The monoisotopic (exact) mass is 262 g/mol. The van der Waals surface area contributed by atoms with E-state index in [1.54, 1.807) is 0 Å². The first kappa shape index (κ1) is 14.0. The minimum Gasteiger partial charge on any atom is -0.480 e. The summed E-state index contributed by atoms with van der Waals surface area (Å²) >= 11 is 0. The third-order valence-electron chi connectivity index (χ3n) is 3.58. The summed E-state index contributed by atoms with van der Waals surface area (Å²) in [5, 5.41) is 12.3. The van der Waals surface area contributed by atoms with Gasteiger partial charge in [0.2, 0.25) is 0 Å². The van der Waals surface area contributed by atoms with Crippen molar-refractivity contribution >= 4 is 5.97 Å². The third kappa shape index (κ3) is 3.78. The van der Waals surface area contributed by atoms with Crippen molar-refractivity contribution in [2.24, 2.45) is 0 Å². The average molecular weight is 262 g/mol. The molecule has 1 atom stereocenters. The van der Waals surface area contributed by atoms with E-state index in [-0.39, 0.29) is 0 Å². The molecule has 0 amide bonds. The molecule has 2 N–H and O–H groups in total. The van der Waals surface area contributed by atoms with E-state index in [9.17, 15) is 4.79 Å². The molecule has 2 rings (SSSR count). The summed E-state index contributed by atoms with van der Waals surface area (Å²) in [6, 6.07) is 8.00. The molecule has 0 fully saturated rings. The van der Waals surface area contributed by atoms with E-state index >= 15 is 0 Å². The Morgan fingerprint density at radius 3 is 2.53 bits per heavy atom. The van der Waals surface area contributed by atoms with Crippen LogP contribution in [0.25, 0.3) is 0 Å². The standard InChI is InChI=1S/C15H22N2O2/c1-2-8-16-14(15(18)19)7-9-17-10-12-5-3-4-6-13(12)11-17/h3-6,14,16H,2,7-11H2,1H3,(H,18,19). The smallest absolute Gasteiger partial charge is 0.320 e. The molecule has 4 heteroatoms. The lowest BCUT2D eigenvalue weighted by molar-refractivity contribution is -0.139. The first-order valence-corrected chi connectivity index (χ1v) is 6.96. The van der Waals surface area contributed by atoms with Crippen LogP contribution in [0.3, 0.4) is 0 Å². The summed E-state index contributed by atoms with van der Waals surface area (Å²) < 4.78 is 0. The van der Waals surface area contributed by atoms with E-state index < -0.39 is 12.0 Å². The van der Waals surface area contributed by atoms with Gasteiger partial charge in [0.25, 0.3) is 0 Å². The molecule has 0 spiro atoms. The Labute approximate surface area is 114 Å². The zero-order valence-electron chi connectivity index (χ0n) is 11.4. The molecular formula is C15H22N2O2. The van der Waals surface area contributed by atoms with Gasteiger partial charge >= 0.3 is 5.97 Å². The molecule has 4 nitrogen and oxygen atoms in total. The van der Waals surface area contributed by atoms with Crippen molar-refractivity contribution in [3.05, 3.63) is 35.4 Å². The van der Waals surface area contributed by atoms with E-state index in [0.717, 1.165) is 32.6 Å². The Morgan fingerprint density at radius 2 is 2.00 bits per heavy atom. The third-order valence-corrected chi connectivity index (χ3v) is 3.58. The van der Waals surface area contributed by atoms with Crippen molar-refractivity contribution in [1.82, 2.24) is 10.2 Å². The van der Waals surface area contributed by atoms with E-state index in [2.05, 4.69) is 34.5 Å². The number of fused-ring (bicyclic) bond motifs is 1. The van der Waals surface area contributed by atoms with Crippen LogP contribution in [0.1, 0.15) is 30.9 Å². The molecule has 1 unspecified atom stereocenters. The van der Waals surface area contributed by atoms with Gasteiger partial charge in [0, 0.05) is 19.6 Å². The van der Waals surface area contributed by atoms with Gasteiger partial charge in [-0.3, -0.25) is 9.69 Å². The van der Waals surface area contributed by atoms with Gasteiger partial charge in [0.05, 0.1) is 0 Å². The van der Waals surface area contributed by atoms with E-state index in [0.29, 0.717) is 6.42 Å². The highest BCUT2D eigenvalue weighted by molar-refractivity contribution is 5.73. The van der Waals surface area contributed by atoms with E-state index in [1.807, 2.05) is 6.92 Å². The Bertz CT molecular complexity index is 409. The van der Waals surface area contributed by atoms with Crippen LogP contribution >= 0.6 is 0 Å². The van der Waals surface area contributed by atoms with Crippen LogP contribution in [-0.4, -0.2) is 35.1 Å². The number of aliphatic carboxylic acids is 1. The largest absolute Gasteiger partial charge is 0.480 e. The molecule has 0 bridgehead atoms. The normalized spacial score (nSPS) is 16.3. The molecule has 1 aromatic rings. The van der Waals surface area contributed by atoms with Crippen LogP contribution in [-0.2, 0) is 17.9 Å². The van der Waals surface area contributed by atoms with Crippen molar-refractivity contribution in [3.63, 3.8) is 0 Å². The number of carboxylic acid groups (broad SMARTS) is 1. The zero-order chi connectivity index (χ0) is 13.7. The zero-order valence-corrected chi connectivity index (χ0v) is 11.4.